The van der Waals surface area contributed by atoms with Crippen LogP contribution in [0.1, 0.15) is 28.3 Å². The molecule has 32 heavy (non-hydrogen) atoms. The van der Waals surface area contributed by atoms with Gasteiger partial charge in [-0.1, -0.05) is 35.4 Å². The summed E-state index contributed by atoms with van der Waals surface area (Å²) in [6.45, 7) is 2.05. The summed E-state index contributed by atoms with van der Waals surface area (Å²) >= 11 is 6.06. The van der Waals surface area contributed by atoms with Crippen molar-refractivity contribution in [1.29, 1.82) is 0 Å². The van der Waals surface area contributed by atoms with Gasteiger partial charge in [-0.15, -0.1) is 0 Å². The Morgan fingerprint density at radius 1 is 1.09 bits per heavy atom. The maximum atomic E-state index is 13.2. The number of rotatable bonds is 5. The number of amides is 1. The number of ketones is 1. The molecule has 6 nitrogen and oxygen atoms in total. The molecule has 1 N–H and O–H groups in total. The standard InChI is InChI=1S/C25H21ClN2O4/c1-15-3-8-20(32-2)19(13-15)23(29)21-22(17-4-6-18(26)7-5-17)28(25(31)24(21)30)14-16-9-11-27-12-10-16/h3-13,22,29H,14H2,1-2H3/b23-21+. The molecular weight excluding hydrogens is 428 g/mol. The molecule has 0 bridgehead atoms. The van der Waals surface area contributed by atoms with Crippen LogP contribution < -0.4 is 4.74 Å². The van der Waals surface area contributed by atoms with Crippen LogP contribution in [0.4, 0.5) is 0 Å². The van der Waals surface area contributed by atoms with Crippen molar-refractivity contribution in [1.82, 2.24) is 9.88 Å². The average Bonchev–Trinajstić information content (AvgIpc) is 3.04. The number of likely N-dealkylation sites (tertiary alicyclic amines) is 1. The van der Waals surface area contributed by atoms with Gasteiger partial charge in [0.2, 0.25) is 0 Å². The van der Waals surface area contributed by atoms with Gasteiger partial charge in [-0.3, -0.25) is 14.6 Å². The highest BCUT2D eigenvalue weighted by Crippen LogP contribution is 2.42. The van der Waals surface area contributed by atoms with Gasteiger partial charge < -0.3 is 14.7 Å². The van der Waals surface area contributed by atoms with Gasteiger partial charge in [-0.2, -0.15) is 0 Å². The van der Waals surface area contributed by atoms with Crippen LogP contribution in [0.2, 0.25) is 5.02 Å². The molecule has 1 aliphatic rings. The predicted molar refractivity (Wildman–Crippen MR) is 121 cm³/mol. The van der Waals surface area contributed by atoms with Gasteiger partial charge >= 0.3 is 0 Å². The van der Waals surface area contributed by atoms with Gasteiger partial charge in [0, 0.05) is 24.0 Å². The number of ether oxygens (including phenoxy) is 1. The van der Waals surface area contributed by atoms with Gasteiger partial charge in [0.15, 0.2) is 0 Å². The average molecular weight is 449 g/mol. The number of aryl methyl sites for hydroxylation is 1. The fourth-order valence-electron chi connectivity index (χ4n) is 3.87. The Morgan fingerprint density at radius 2 is 1.78 bits per heavy atom. The van der Waals surface area contributed by atoms with E-state index in [4.69, 9.17) is 16.3 Å². The van der Waals surface area contributed by atoms with Gasteiger partial charge in [0.1, 0.15) is 11.5 Å². The van der Waals surface area contributed by atoms with Crippen LogP contribution in [0.15, 0.2) is 72.6 Å². The van der Waals surface area contributed by atoms with E-state index in [0.29, 0.717) is 21.9 Å². The lowest BCUT2D eigenvalue weighted by atomic mass is 9.94. The fourth-order valence-corrected chi connectivity index (χ4v) is 4.00. The summed E-state index contributed by atoms with van der Waals surface area (Å²) in [6, 6.07) is 14.9. The van der Waals surface area contributed by atoms with E-state index in [0.717, 1.165) is 11.1 Å². The van der Waals surface area contributed by atoms with E-state index in [1.54, 1.807) is 60.9 Å². The molecule has 0 radical (unpaired) electrons. The third-order valence-electron chi connectivity index (χ3n) is 5.44. The molecule has 0 spiro atoms. The molecule has 1 amide bonds. The lowest BCUT2D eigenvalue weighted by Gasteiger charge is -2.25. The number of benzene rings is 2. The van der Waals surface area contributed by atoms with Crippen molar-refractivity contribution >= 4 is 29.1 Å². The first-order valence-electron chi connectivity index (χ1n) is 9.98. The van der Waals surface area contributed by atoms with E-state index in [9.17, 15) is 14.7 Å². The molecular formula is C25H21ClN2O4. The van der Waals surface area contributed by atoms with Crippen molar-refractivity contribution in [2.24, 2.45) is 0 Å². The van der Waals surface area contributed by atoms with Crippen LogP contribution in [0.5, 0.6) is 5.75 Å². The lowest BCUT2D eigenvalue weighted by Crippen LogP contribution is -2.29. The number of nitrogens with zero attached hydrogens (tertiary/aromatic N) is 2. The molecule has 2 heterocycles. The Kier molecular flexibility index (Phi) is 5.97. The van der Waals surface area contributed by atoms with Crippen molar-refractivity contribution in [2.75, 3.05) is 7.11 Å². The predicted octanol–water partition coefficient (Wildman–Crippen LogP) is 4.67. The number of aliphatic hydroxyl groups excluding tert-OH is 1. The van der Waals surface area contributed by atoms with Crippen LogP contribution in [-0.2, 0) is 16.1 Å². The highest BCUT2D eigenvalue weighted by Gasteiger charge is 2.46. The van der Waals surface area contributed by atoms with E-state index >= 15 is 0 Å². The highest BCUT2D eigenvalue weighted by atomic mass is 35.5. The second kappa shape index (κ2) is 8.85. The molecule has 1 fully saturated rings. The van der Waals surface area contributed by atoms with E-state index in [-0.39, 0.29) is 17.9 Å². The molecule has 0 saturated carbocycles. The zero-order valence-corrected chi connectivity index (χ0v) is 18.3. The van der Waals surface area contributed by atoms with Crippen molar-refractivity contribution in [3.05, 3.63) is 99.8 Å². The molecule has 1 unspecified atom stereocenters. The molecule has 2 aromatic carbocycles. The second-order valence-corrected chi connectivity index (χ2v) is 7.97. The van der Waals surface area contributed by atoms with Gasteiger partial charge in [-0.25, -0.2) is 0 Å². The third kappa shape index (κ3) is 3.97. The molecule has 0 aliphatic carbocycles. The number of aliphatic hydroxyl groups is 1. The van der Waals surface area contributed by atoms with Crippen LogP contribution in [-0.4, -0.2) is 33.8 Å². The lowest BCUT2D eigenvalue weighted by molar-refractivity contribution is -0.140. The Labute approximate surface area is 190 Å². The Morgan fingerprint density at radius 3 is 2.44 bits per heavy atom. The molecule has 7 heteroatoms. The van der Waals surface area contributed by atoms with Crippen LogP contribution in [0.25, 0.3) is 5.76 Å². The van der Waals surface area contributed by atoms with Crippen molar-refractivity contribution in [3.8, 4) is 5.75 Å². The Hall–Kier alpha value is -3.64. The number of carbonyl (C=O) groups is 2. The first-order valence-corrected chi connectivity index (χ1v) is 10.4. The number of aromatic nitrogens is 1. The summed E-state index contributed by atoms with van der Waals surface area (Å²) in [6.07, 6.45) is 3.25. The summed E-state index contributed by atoms with van der Waals surface area (Å²) < 4.78 is 5.39. The smallest absolute Gasteiger partial charge is 0.295 e. The van der Waals surface area contributed by atoms with Gasteiger partial charge in [0.05, 0.1) is 24.3 Å². The topological polar surface area (TPSA) is 79.7 Å². The zero-order chi connectivity index (χ0) is 22.8. The van der Waals surface area contributed by atoms with Gasteiger partial charge in [-0.05, 0) is 54.4 Å². The van der Waals surface area contributed by atoms with E-state index in [2.05, 4.69) is 4.98 Å². The molecule has 1 aromatic heterocycles. The number of Topliss-reactive ketones (excluding diaryl/α,β-unsaturated/α-hetero) is 1. The molecule has 3 aromatic rings. The van der Waals surface area contributed by atoms with Gasteiger partial charge in [0.25, 0.3) is 11.7 Å². The quantitative estimate of drug-likeness (QED) is 0.348. The first-order chi connectivity index (χ1) is 15.4. The summed E-state index contributed by atoms with van der Waals surface area (Å²) in [5, 5.41) is 11.8. The van der Waals surface area contributed by atoms with Crippen LogP contribution in [0, 0.1) is 6.92 Å². The first kappa shape index (κ1) is 21.6. The fraction of sp³-hybridized carbons (Fsp3) is 0.160. The molecule has 1 saturated heterocycles. The Balaban J connectivity index is 1.91. The normalized spacial score (nSPS) is 17.6. The second-order valence-electron chi connectivity index (χ2n) is 7.54. The number of hydrogen-bond acceptors (Lipinski definition) is 5. The van der Waals surface area contributed by atoms with Crippen molar-refractivity contribution in [2.45, 2.75) is 19.5 Å². The maximum absolute atomic E-state index is 13.2. The minimum Gasteiger partial charge on any atom is -0.507 e. The summed E-state index contributed by atoms with van der Waals surface area (Å²) in [4.78, 5) is 31.7. The minimum atomic E-state index is -0.786. The SMILES string of the molecule is COc1ccc(C)cc1/C(O)=C1\C(=O)C(=O)N(Cc2ccncc2)C1c1ccc(Cl)cc1. The highest BCUT2D eigenvalue weighted by molar-refractivity contribution is 6.46. The molecule has 4 rings (SSSR count). The summed E-state index contributed by atoms with van der Waals surface area (Å²) in [7, 11) is 1.49. The summed E-state index contributed by atoms with van der Waals surface area (Å²) in [5.74, 6) is -1.31. The summed E-state index contributed by atoms with van der Waals surface area (Å²) in [5.41, 5.74) is 2.72. The largest absolute Gasteiger partial charge is 0.507 e. The number of pyridine rings is 1. The third-order valence-corrected chi connectivity index (χ3v) is 5.69. The number of methoxy groups -OCH3 is 1. The van der Waals surface area contributed by atoms with Crippen LogP contribution >= 0.6 is 11.6 Å². The van der Waals surface area contributed by atoms with E-state index in [1.807, 2.05) is 13.0 Å². The van der Waals surface area contributed by atoms with E-state index < -0.39 is 17.7 Å². The maximum Gasteiger partial charge on any atom is 0.295 e. The molecule has 1 aliphatic heterocycles. The Bertz CT molecular complexity index is 1210. The number of hydrogen-bond donors (Lipinski definition) is 1. The zero-order valence-electron chi connectivity index (χ0n) is 17.6. The molecule has 1 atom stereocenters. The number of halogens is 1. The van der Waals surface area contributed by atoms with Crippen molar-refractivity contribution < 1.29 is 19.4 Å². The minimum absolute atomic E-state index is 0.00952. The van der Waals surface area contributed by atoms with E-state index in [1.165, 1.54) is 12.0 Å². The monoisotopic (exact) mass is 448 g/mol. The molecule has 162 valence electrons. The number of carbonyl (C=O) groups excluding carboxylic acids is 2. The van der Waals surface area contributed by atoms with Crippen LogP contribution in [0.3, 0.4) is 0 Å². The van der Waals surface area contributed by atoms with Crippen molar-refractivity contribution in [3.63, 3.8) is 0 Å².